The van der Waals surface area contributed by atoms with Crippen molar-refractivity contribution in [1.29, 1.82) is 0 Å². The van der Waals surface area contributed by atoms with Crippen molar-refractivity contribution in [3.05, 3.63) is 47.5 Å². The molecular weight excluding hydrogens is 235 g/mol. The van der Waals surface area contributed by atoms with Gasteiger partial charge in [0.25, 0.3) is 0 Å². The highest BCUT2D eigenvalue weighted by Crippen LogP contribution is 2.07. The number of allylic oxidation sites excluding steroid dienone is 1. The Morgan fingerprint density at radius 1 is 1.42 bits per heavy atom. The third kappa shape index (κ3) is 6.44. The van der Waals surface area contributed by atoms with E-state index in [9.17, 15) is 0 Å². The molecule has 0 aromatic heterocycles. The Morgan fingerprint density at radius 3 is 2.08 bits per heavy atom. The van der Waals surface area contributed by atoms with Crippen LogP contribution in [0, 0.1) is 6.92 Å². The summed E-state index contributed by atoms with van der Waals surface area (Å²) in [5.41, 5.74) is 1.24. The molecule has 0 saturated carbocycles. The normalized spacial score (nSPS) is 8.25. The lowest BCUT2D eigenvalue weighted by atomic mass is 10.2. The van der Waals surface area contributed by atoms with E-state index < -0.39 is 0 Å². The number of halogens is 2. The van der Waals surface area contributed by atoms with E-state index in [-0.39, 0.29) is 0 Å². The lowest BCUT2D eigenvalue weighted by Gasteiger charge is -1.88. The summed E-state index contributed by atoms with van der Waals surface area (Å²) in [5, 5.41) is 1.70. The summed E-state index contributed by atoms with van der Waals surface area (Å²) >= 11 is 8.74. The predicted molar refractivity (Wildman–Crippen MR) is 60.2 cm³/mol. The molecule has 1 rings (SSSR count). The van der Waals surface area contributed by atoms with Gasteiger partial charge >= 0.3 is 0 Å². The first kappa shape index (κ1) is 11.7. The van der Waals surface area contributed by atoms with E-state index in [4.69, 9.17) is 11.6 Å². The number of rotatable bonds is 1. The average molecular weight is 248 g/mol. The minimum Gasteiger partial charge on any atom is -0.102 e. The van der Waals surface area contributed by atoms with Gasteiger partial charge in [-0.05, 0) is 19.1 Å². The molecule has 0 heterocycles. The molecule has 1 aromatic carbocycles. The first-order chi connectivity index (χ1) is 5.70. The van der Waals surface area contributed by atoms with E-state index in [0.29, 0.717) is 0 Å². The molecular formula is C10H12BrCl. The molecule has 1 aromatic rings. The third-order valence-corrected chi connectivity index (χ3v) is 1.83. The van der Waals surface area contributed by atoms with Crippen LogP contribution in [0.25, 0.3) is 0 Å². The Bertz CT molecular complexity index is 195. The van der Waals surface area contributed by atoms with Gasteiger partial charge in [-0.3, -0.25) is 0 Å². The van der Waals surface area contributed by atoms with Crippen LogP contribution >= 0.6 is 27.5 Å². The fourth-order valence-electron chi connectivity index (χ4n) is 0.533. The van der Waals surface area contributed by atoms with Crippen LogP contribution in [-0.2, 0) is 0 Å². The summed E-state index contributed by atoms with van der Waals surface area (Å²) in [6.45, 7) is 5.47. The molecule has 2 heteroatoms. The summed E-state index contributed by atoms with van der Waals surface area (Å²) in [7, 11) is 0. The Balaban J connectivity index is 0.000000261. The molecule has 0 bridgehead atoms. The van der Waals surface area contributed by atoms with Crippen molar-refractivity contribution in [1.82, 2.24) is 0 Å². The van der Waals surface area contributed by atoms with Gasteiger partial charge < -0.3 is 0 Å². The smallest absolute Gasteiger partial charge is 0.0406 e. The lowest BCUT2D eigenvalue weighted by molar-refractivity contribution is 1.48. The van der Waals surface area contributed by atoms with E-state index in [1.165, 1.54) is 5.56 Å². The van der Waals surface area contributed by atoms with Crippen molar-refractivity contribution in [3.63, 3.8) is 0 Å². The Morgan fingerprint density at radius 2 is 1.83 bits per heavy atom. The SMILES string of the molecule is C=CCBr.Cc1ccc(Cl)cc1. The van der Waals surface area contributed by atoms with Crippen LogP contribution in [0.4, 0.5) is 0 Å². The van der Waals surface area contributed by atoms with Crippen molar-refractivity contribution in [2.24, 2.45) is 0 Å². The van der Waals surface area contributed by atoms with Gasteiger partial charge in [0.05, 0.1) is 0 Å². The zero-order valence-corrected chi connectivity index (χ0v) is 9.40. The van der Waals surface area contributed by atoms with Gasteiger partial charge in [-0.25, -0.2) is 0 Å². The molecule has 0 spiro atoms. The molecule has 0 amide bonds. The van der Waals surface area contributed by atoms with E-state index in [1.54, 1.807) is 6.08 Å². The molecule has 12 heavy (non-hydrogen) atoms. The molecule has 0 radical (unpaired) electrons. The molecule has 0 aliphatic rings. The second-order valence-electron chi connectivity index (χ2n) is 2.24. The van der Waals surface area contributed by atoms with Gasteiger partial charge in [-0.15, -0.1) is 6.58 Å². The van der Waals surface area contributed by atoms with Crippen LogP contribution in [-0.4, -0.2) is 5.33 Å². The van der Waals surface area contributed by atoms with Gasteiger partial charge in [-0.1, -0.05) is 51.3 Å². The number of aryl methyl sites for hydroxylation is 1. The maximum absolute atomic E-state index is 5.61. The van der Waals surface area contributed by atoms with E-state index in [1.807, 2.05) is 31.2 Å². The van der Waals surface area contributed by atoms with Gasteiger partial charge in [0, 0.05) is 10.4 Å². The molecule has 0 aliphatic carbocycles. The Labute approximate surface area is 87.4 Å². The van der Waals surface area contributed by atoms with Crippen molar-refractivity contribution in [2.75, 3.05) is 5.33 Å². The number of hydrogen-bond acceptors (Lipinski definition) is 0. The predicted octanol–water partition coefficient (Wildman–Crippen LogP) is 4.22. The van der Waals surface area contributed by atoms with Crippen molar-refractivity contribution >= 4 is 27.5 Å². The van der Waals surface area contributed by atoms with Crippen molar-refractivity contribution in [3.8, 4) is 0 Å². The highest BCUT2D eigenvalue weighted by atomic mass is 79.9. The fourth-order valence-corrected chi connectivity index (χ4v) is 0.659. The van der Waals surface area contributed by atoms with Crippen LogP contribution in [0.1, 0.15) is 5.56 Å². The van der Waals surface area contributed by atoms with Gasteiger partial charge in [0.1, 0.15) is 0 Å². The molecule has 0 fully saturated rings. The average Bonchev–Trinajstić information content (AvgIpc) is 2.11. The molecule has 66 valence electrons. The topological polar surface area (TPSA) is 0 Å². The monoisotopic (exact) mass is 246 g/mol. The summed E-state index contributed by atoms with van der Waals surface area (Å²) in [6.07, 6.45) is 1.79. The minimum atomic E-state index is 0.801. The van der Waals surface area contributed by atoms with Gasteiger partial charge in [-0.2, -0.15) is 0 Å². The largest absolute Gasteiger partial charge is 0.102 e. The maximum atomic E-state index is 5.61. The minimum absolute atomic E-state index is 0.801. The maximum Gasteiger partial charge on any atom is 0.0406 e. The third-order valence-electron chi connectivity index (χ3n) is 1.12. The summed E-state index contributed by atoms with van der Waals surface area (Å²) < 4.78 is 0. The zero-order valence-electron chi connectivity index (χ0n) is 7.06. The van der Waals surface area contributed by atoms with Crippen LogP contribution in [0.2, 0.25) is 5.02 Å². The number of benzene rings is 1. The van der Waals surface area contributed by atoms with E-state index in [2.05, 4.69) is 22.5 Å². The zero-order chi connectivity index (χ0) is 9.40. The van der Waals surface area contributed by atoms with Gasteiger partial charge in [0.2, 0.25) is 0 Å². The first-order valence-corrected chi connectivity index (χ1v) is 5.09. The molecule has 0 saturated heterocycles. The molecule has 0 N–H and O–H groups in total. The van der Waals surface area contributed by atoms with Crippen LogP contribution < -0.4 is 0 Å². The second-order valence-corrected chi connectivity index (χ2v) is 3.32. The quantitative estimate of drug-likeness (QED) is 0.515. The molecule has 0 aliphatic heterocycles. The molecule has 0 nitrogen and oxygen atoms in total. The highest BCUT2D eigenvalue weighted by molar-refractivity contribution is 9.09. The molecule has 0 unspecified atom stereocenters. The van der Waals surface area contributed by atoms with Crippen LogP contribution in [0.3, 0.4) is 0 Å². The molecule has 0 atom stereocenters. The van der Waals surface area contributed by atoms with Crippen LogP contribution in [0.5, 0.6) is 0 Å². The Hall–Kier alpha value is -0.270. The van der Waals surface area contributed by atoms with Crippen molar-refractivity contribution in [2.45, 2.75) is 6.92 Å². The fraction of sp³-hybridized carbons (Fsp3) is 0.200. The van der Waals surface area contributed by atoms with E-state index in [0.717, 1.165) is 10.4 Å². The summed E-state index contributed by atoms with van der Waals surface area (Å²) in [5.74, 6) is 0. The highest BCUT2D eigenvalue weighted by Gasteiger charge is 1.81. The number of alkyl halides is 1. The van der Waals surface area contributed by atoms with Crippen molar-refractivity contribution < 1.29 is 0 Å². The van der Waals surface area contributed by atoms with E-state index >= 15 is 0 Å². The van der Waals surface area contributed by atoms with Gasteiger partial charge in [0.15, 0.2) is 0 Å². The second kappa shape index (κ2) is 7.38. The Kier molecular flexibility index (Phi) is 7.22. The number of hydrogen-bond donors (Lipinski definition) is 0. The first-order valence-electron chi connectivity index (χ1n) is 3.59. The van der Waals surface area contributed by atoms with Crippen LogP contribution in [0.15, 0.2) is 36.9 Å². The summed E-state index contributed by atoms with van der Waals surface area (Å²) in [4.78, 5) is 0. The lowest BCUT2D eigenvalue weighted by Crippen LogP contribution is -1.66. The summed E-state index contributed by atoms with van der Waals surface area (Å²) in [6, 6.07) is 7.75. The standard InChI is InChI=1S/C7H7Cl.C3H5Br/c1-6-2-4-7(8)5-3-6;1-2-3-4/h2-5H,1H3;2H,1,3H2.